The van der Waals surface area contributed by atoms with Crippen molar-refractivity contribution in [3.8, 4) is 0 Å². The summed E-state index contributed by atoms with van der Waals surface area (Å²) in [5.41, 5.74) is 1.10. The second-order valence-corrected chi connectivity index (χ2v) is 9.98. The summed E-state index contributed by atoms with van der Waals surface area (Å²) in [6.07, 6.45) is 3.01. The van der Waals surface area contributed by atoms with E-state index in [-0.39, 0.29) is 18.3 Å². The number of carboxylic acid groups (broad SMARTS) is 1. The number of fused-ring (bicyclic) bond motifs is 2. The molecule has 7 heteroatoms. The highest BCUT2D eigenvalue weighted by Crippen LogP contribution is 2.60. The molecule has 0 aromatic heterocycles. The Morgan fingerprint density at radius 1 is 1.16 bits per heavy atom. The van der Waals surface area contributed by atoms with Crippen molar-refractivity contribution in [1.82, 2.24) is 0 Å². The maximum atomic E-state index is 11.0. The van der Waals surface area contributed by atoms with Crippen molar-refractivity contribution >= 4 is 5.97 Å². The van der Waals surface area contributed by atoms with Crippen LogP contribution in [0.5, 0.6) is 0 Å². The van der Waals surface area contributed by atoms with Crippen LogP contribution in [0.1, 0.15) is 57.6 Å². The molecular weight excluding hydrogens is 400 g/mol. The molecule has 170 valence electrons. The highest BCUT2D eigenvalue weighted by molar-refractivity contribution is 5.70. The zero-order valence-electron chi connectivity index (χ0n) is 18.4. The maximum absolute atomic E-state index is 11.0. The molecule has 4 aliphatic heterocycles. The van der Waals surface area contributed by atoms with Gasteiger partial charge in [0.1, 0.15) is 0 Å². The minimum atomic E-state index is -0.843. The fraction of sp³-hybridized carbons (Fsp3) is 0.708. The van der Waals surface area contributed by atoms with Gasteiger partial charge in [0.15, 0.2) is 18.2 Å². The summed E-state index contributed by atoms with van der Waals surface area (Å²) < 4.78 is 19.0. The van der Waals surface area contributed by atoms with Crippen LogP contribution in [0, 0.1) is 23.7 Å². The first-order chi connectivity index (χ1) is 14.8. The minimum absolute atomic E-state index is 0.000172. The molecule has 1 saturated carbocycles. The normalized spacial score (nSPS) is 43.8. The smallest absolute Gasteiger partial charge is 0.307 e. The lowest BCUT2D eigenvalue weighted by Gasteiger charge is -2.60. The Hall–Kier alpha value is -1.51. The van der Waals surface area contributed by atoms with Crippen LogP contribution < -0.4 is 0 Å². The molecule has 1 aliphatic carbocycles. The number of hydrogen-bond donors (Lipinski definition) is 1. The van der Waals surface area contributed by atoms with E-state index in [4.69, 9.17) is 29.1 Å². The van der Waals surface area contributed by atoms with Gasteiger partial charge in [0, 0.05) is 18.3 Å². The van der Waals surface area contributed by atoms with E-state index in [0.717, 1.165) is 36.8 Å². The fourth-order valence-electron chi connectivity index (χ4n) is 6.24. The van der Waals surface area contributed by atoms with Crippen LogP contribution in [-0.4, -0.2) is 35.0 Å². The van der Waals surface area contributed by atoms with Gasteiger partial charge in [-0.25, -0.2) is 9.78 Å². The predicted molar refractivity (Wildman–Crippen MR) is 109 cm³/mol. The highest BCUT2D eigenvalue weighted by atomic mass is 17.3. The van der Waals surface area contributed by atoms with Gasteiger partial charge in [0.2, 0.25) is 5.79 Å². The van der Waals surface area contributed by atoms with Gasteiger partial charge >= 0.3 is 5.97 Å². The summed E-state index contributed by atoms with van der Waals surface area (Å²) in [6, 6.07) is 7.51. The van der Waals surface area contributed by atoms with E-state index < -0.39 is 29.9 Å². The maximum Gasteiger partial charge on any atom is 0.307 e. The molecular formula is C24H32O7. The van der Waals surface area contributed by atoms with E-state index in [2.05, 4.69) is 13.8 Å². The zero-order valence-corrected chi connectivity index (χ0v) is 18.4. The molecule has 5 fully saturated rings. The largest absolute Gasteiger partial charge is 0.481 e. The van der Waals surface area contributed by atoms with Crippen molar-refractivity contribution in [3.05, 3.63) is 35.4 Å². The Morgan fingerprint density at radius 3 is 2.77 bits per heavy atom. The molecule has 8 atom stereocenters. The summed E-state index contributed by atoms with van der Waals surface area (Å²) in [5, 5.41) is 9.05. The second kappa shape index (κ2) is 7.81. The first kappa shape index (κ1) is 21.3. The molecule has 0 amide bonds. The minimum Gasteiger partial charge on any atom is -0.481 e. The van der Waals surface area contributed by atoms with Crippen molar-refractivity contribution in [2.45, 2.75) is 83.5 Å². The summed E-state index contributed by atoms with van der Waals surface area (Å²) in [5.74, 6) is -0.451. The standard InChI is InChI=1S/C24H32O7/c1-14-7-8-19-15(2)21(27-13-17-6-4-5-16(11-17)12-20(25)26)28-22-24(19)18(14)9-10-23(3,29-22)30-31-24/h4-6,11,14-15,18-19,21-22H,7-10,12-13H2,1-3H3,(H,25,26)/t14-,15-,18+,19+,21+,22-,23-,24-/m1/s1. The predicted octanol–water partition coefficient (Wildman–Crippen LogP) is 4.04. The van der Waals surface area contributed by atoms with Gasteiger partial charge < -0.3 is 19.3 Å². The van der Waals surface area contributed by atoms with Crippen LogP contribution in [0.2, 0.25) is 0 Å². The van der Waals surface area contributed by atoms with Gasteiger partial charge in [0.05, 0.1) is 13.0 Å². The van der Waals surface area contributed by atoms with Gasteiger partial charge in [-0.2, -0.15) is 0 Å². The number of carbonyl (C=O) groups is 1. The monoisotopic (exact) mass is 432 g/mol. The first-order valence-electron chi connectivity index (χ1n) is 11.4. The fourth-order valence-corrected chi connectivity index (χ4v) is 6.24. The van der Waals surface area contributed by atoms with Gasteiger partial charge in [0.25, 0.3) is 0 Å². The van der Waals surface area contributed by atoms with Gasteiger partial charge in [-0.1, -0.05) is 38.1 Å². The van der Waals surface area contributed by atoms with Crippen LogP contribution in [0.4, 0.5) is 0 Å². The van der Waals surface area contributed by atoms with Crippen molar-refractivity contribution in [3.63, 3.8) is 0 Å². The van der Waals surface area contributed by atoms with Gasteiger partial charge in [-0.05, 0) is 49.1 Å². The van der Waals surface area contributed by atoms with Crippen LogP contribution >= 0.6 is 0 Å². The van der Waals surface area contributed by atoms with Crippen LogP contribution in [-0.2, 0) is 41.8 Å². The van der Waals surface area contributed by atoms with E-state index >= 15 is 0 Å². The lowest BCUT2D eigenvalue weighted by Crippen LogP contribution is -2.70. The Bertz CT molecular complexity index is 843. The molecule has 1 aromatic rings. The number of aliphatic carboxylic acids is 1. The van der Waals surface area contributed by atoms with Crippen molar-refractivity contribution < 1.29 is 33.9 Å². The number of benzene rings is 1. The lowest BCUT2D eigenvalue weighted by molar-refractivity contribution is -0.577. The molecule has 5 aliphatic rings. The first-order valence-corrected chi connectivity index (χ1v) is 11.4. The van der Waals surface area contributed by atoms with Gasteiger partial charge in [-0.15, -0.1) is 0 Å². The van der Waals surface area contributed by atoms with Crippen molar-refractivity contribution in [2.75, 3.05) is 0 Å². The third-order valence-corrected chi connectivity index (χ3v) is 7.86. The SMILES string of the molecule is C[C@H]1[C@@H](OCc2cccc(CC(=O)O)c2)O[C@@H]2O[C@@]3(C)CC[C@H]4[C@H](C)CC[C@@H]1[C@@]24OO3. The molecule has 7 nitrogen and oxygen atoms in total. The summed E-state index contributed by atoms with van der Waals surface area (Å²) >= 11 is 0. The summed E-state index contributed by atoms with van der Waals surface area (Å²) in [6.45, 7) is 6.73. The second-order valence-electron chi connectivity index (χ2n) is 9.98. The third-order valence-electron chi connectivity index (χ3n) is 7.86. The van der Waals surface area contributed by atoms with Gasteiger partial charge in [-0.3, -0.25) is 4.79 Å². The van der Waals surface area contributed by atoms with E-state index in [0.29, 0.717) is 18.4 Å². The molecule has 4 heterocycles. The molecule has 0 radical (unpaired) electrons. The quantitative estimate of drug-likeness (QED) is 0.703. The van der Waals surface area contributed by atoms with Crippen molar-refractivity contribution in [2.24, 2.45) is 23.7 Å². The highest BCUT2D eigenvalue weighted by Gasteiger charge is 2.69. The Balaban J connectivity index is 1.36. The molecule has 6 rings (SSSR count). The summed E-state index contributed by atoms with van der Waals surface area (Å²) in [7, 11) is 0. The number of ether oxygens (including phenoxy) is 3. The molecule has 0 unspecified atom stereocenters. The topological polar surface area (TPSA) is 83.5 Å². The number of hydrogen-bond acceptors (Lipinski definition) is 6. The Morgan fingerprint density at radius 2 is 1.97 bits per heavy atom. The Kier molecular flexibility index (Phi) is 5.38. The molecule has 4 saturated heterocycles. The molecule has 31 heavy (non-hydrogen) atoms. The van der Waals surface area contributed by atoms with E-state index in [1.54, 1.807) is 0 Å². The van der Waals surface area contributed by atoms with E-state index in [9.17, 15) is 4.79 Å². The average Bonchev–Trinajstić information content (AvgIpc) is 2.95. The van der Waals surface area contributed by atoms with Crippen LogP contribution in [0.15, 0.2) is 24.3 Å². The number of rotatable bonds is 5. The van der Waals surface area contributed by atoms with E-state index in [1.165, 1.54) is 0 Å². The molecule has 1 spiro atoms. The zero-order chi connectivity index (χ0) is 21.8. The summed E-state index contributed by atoms with van der Waals surface area (Å²) in [4.78, 5) is 23.0. The van der Waals surface area contributed by atoms with Crippen LogP contribution in [0.25, 0.3) is 0 Å². The molecule has 1 aromatic carbocycles. The third kappa shape index (κ3) is 3.60. The Labute approximate surface area is 182 Å². The van der Waals surface area contributed by atoms with Crippen LogP contribution in [0.3, 0.4) is 0 Å². The number of carboxylic acids is 1. The average molecular weight is 433 g/mol. The molecule has 1 N–H and O–H groups in total. The van der Waals surface area contributed by atoms with E-state index in [1.807, 2.05) is 31.2 Å². The molecule has 2 bridgehead atoms. The lowest BCUT2D eigenvalue weighted by atomic mass is 9.58. The van der Waals surface area contributed by atoms with Crippen molar-refractivity contribution in [1.29, 1.82) is 0 Å².